The molecule has 1 saturated carbocycles. The molecule has 0 radical (unpaired) electrons. The van der Waals surface area contributed by atoms with Crippen molar-refractivity contribution in [1.82, 2.24) is 5.32 Å². The molecule has 0 amide bonds. The van der Waals surface area contributed by atoms with Crippen LogP contribution in [0.25, 0.3) is 0 Å². The van der Waals surface area contributed by atoms with Gasteiger partial charge in [0.2, 0.25) is 0 Å². The van der Waals surface area contributed by atoms with E-state index in [1.165, 1.54) is 37.8 Å². The number of nitrogens with two attached hydrogens (primary N) is 1. The molecule has 0 bridgehead atoms. The van der Waals surface area contributed by atoms with Gasteiger partial charge in [0.1, 0.15) is 0 Å². The molecule has 3 N–H and O–H groups in total. The van der Waals surface area contributed by atoms with E-state index >= 15 is 0 Å². The largest absolute Gasteiger partial charge is 0.327 e. The van der Waals surface area contributed by atoms with Crippen molar-refractivity contribution < 1.29 is 0 Å². The van der Waals surface area contributed by atoms with Crippen LogP contribution >= 0.6 is 0 Å². The normalized spacial score (nSPS) is 18.2. The highest BCUT2D eigenvalue weighted by Crippen LogP contribution is 2.48. The molecule has 106 valence electrons. The van der Waals surface area contributed by atoms with Gasteiger partial charge in [-0.25, -0.2) is 0 Å². The first-order chi connectivity index (χ1) is 9.24. The van der Waals surface area contributed by atoms with Crippen molar-refractivity contribution in [1.29, 1.82) is 0 Å². The zero-order valence-electron chi connectivity index (χ0n) is 12.2. The third kappa shape index (κ3) is 4.96. The second kappa shape index (κ2) is 7.06. The summed E-state index contributed by atoms with van der Waals surface area (Å²) in [7, 11) is 0. The zero-order valence-corrected chi connectivity index (χ0v) is 12.2. The topological polar surface area (TPSA) is 38.0 Å². The van der Waals surface area contributed by atoms with Crippen LogP contribution < -0.4 is 11.1 Å². The van der Waals surface area contributed by atoms with E-state index in [9.17, 15) is 0 Å². The number of rotatable bonds is 9. The average Bonchev–Trinajstić information content (AvgIpc) is 3.18. The molecular formula is C17H28N2. The van der Waals surface area contributed by atoms with Gasteiger partial charge < -0.3 is 11.1 Å². The number of benzene rings is 1. The minimum absolute atomic E-state index is 0.276. The Morgan fingerprint density at radius 2 is 2.00 bits per heavy atom. The molecule has 0 aliphatic heterocycles. The third-order valence-electron chi connectivity index (χ3n) is 4.29. The fraction of sp³-hybridized carbons (Fsp3) is 0.647. The molecular weight excluding hydrogens is 232 g/mol. The number of nitrogens with one attached hydrogen (secondary N) is 1. The van der Waals surface area contributed by atoms with Crippen LogP contribution in [-0.2, 0) is 6.42 Å². The van der Waals surface area contributed by atoms with E-state index in [1.54, 1.807) is 0 Å². The fourth-order valence-electron chi connectivity index (χ4n) is 2.84. The molecule has 19 heavy (non-hydrogen) atoms. The lowest BCUT2D eigenvalue weighted by Crippen LogP contribution is -2.37. The van der Waals surface area contributed by atoms with Gasteiger partial charge in [0.25, 0.3) is 0 Å². The van der Waals surface area contributed by atoms with Gasteiger partial charge in [-0.15, -0.1) is 0 Å². The molecule has 2 rings (SSSR count). The fourth-order valence-corrected chi connectivity index (χ4v) is 2.84. The second-order valence-corrected chi connectivity index (χ2v) is 6.17. The number of hydrogen-bond acceptors (Lipinski definition) is 2. The van der Waals surface area contributed by atoms with Gasteiger partial charge in [-0.2, -0.15) is 0 Å². The average molecular weight is 260 g/mol. The summed E-state index contributed by atoms with van der Waals surface area (Å²) in [4.78, 5) is 0. The van der Waals surface area contributed by atoms with E-state index < -0.39 is 0 Å². The lowest BCUT2D eigenvalue weighted by atomic mass is 10.0. The highest BCUT2D eigenvalue weighted by atomic mass is 14.9. The van der Waals surface area contributed by atoms with Crippen molar-refractivity contribution in [3.05, 3.63) is 35.9 Å². The predicted molar refractivity (Wildman–Crippen MR) is 82.2 cm³/mol. The summed E-state index contributed by atoms with van der Waals surface area (Å²) in [5.41, 5.74) is 8.21. The highest BCUT2D eigenvalue weighted by molar-refractivity contribution is 5.14. The SMILES string of the molecule is CCCC1(CNCC(N)CCc2ccccc2)CC1. The Labute approximate surface area is 117 Å². The van der Waals surface area contributed by atoms with Crippen LogP contribution in [0.2, 0.25) is 0 Å². The van der Waals surface area contributed by atoms with Gasteiger partial charge in [0, 0.05) is 19.1 Å². The Balaban J connectivity index is 1.59. The molecule has 1 atom stereocenters. The zero-order chi connectivity index (χ0) is 13.6. The molecule has 0 aromatic heterocycles. The Bertz CT molecular complexity index is 357. The molecule has 1 aliphatic carbocycles. The van der Waals surface area contributed by atoms with E-state index in [4.69, 9.17) is 5.73 Å². The molecule has 0 heterocycles. The van der Waals surface area contributed by atoms with Gasteiger partial charge in [-0.05, 0) is 43.1 Å². The molecule has 2 heteroatoms. The first kappa shape index (κ1) is 14.5. The smallest absolute Gasteiger partial charge is 0.0168 e. The summed E-state index contributed by atoms with van der Waals surface area (Å²) < 4.78 is 0. The quantitative estimate of drug-likeness (QED) is 0.716. The molecule has 1 fully saturated rings. The van der Waals surface area contributed by atoms with Crippen molar-refractivity contribution >= 4 is 0 Å². The van der Waals surface area contributed by atoms with Gasteiger partial charge in [0.05, 0.1) is 0 Å². The second-order valence-electron chi connectivity index (χ2n) is 6.17. The first-order valence-corrected chi connectivity index (χ1v) is 7.74. The molecule has 1 aromatic carbocycles. The van der Waals surface area contributed by atoms with E-state index in [0.29, 0.717) is 5.41 Å². The predicted octanol–water partition coefficient (Wildman–Crippen LogP) is 3.12. The maximum Gasteiger partial charge on any atom is 0.0168 e. The van der Waals surface area contributed by atoms with Crippen LogP contribution in [0.1, 0.15) is 44.6 Å². The Hall–Kier alpha value is -0.860. The van der Waals surface area contributed by atoms with Crippen LogP contribution in [0.15, 0.2) is 30.3 Å². The maximum atomic E-state index is 6.18. The van der Waals surface area contributed by atoms with Crippen LogP contribution in [0.5, 0.6) is 0 Å². The highest BCUT2D eigenvalue weighted by Gasteiger charge is 2.40. The number of hydrogen-bond donors (Lipinski definition) is 2. The van der Waals surface area contributed by atoms with Gasteiger partial charge in [-0.1, -0.05) is 43.7 Å². The lowest BCUT2D eigenvalue weighted by Gasteiger charge is -2.18. The molecule has 0 spiro atoms. The van der Waals surface area contributed by atoms with Crippen molar-refractivity contribution in [2.45, 2.75) is 51.5 Å². The minimum Gasteiger partial charge on any atom is -0.327 e. The summed E-state index contributed by atoms with van der Waals surface area (Å²) in [5, 5.41) is 3.58. The molecule has 0 saturated heterocycles. The minimum atomic E-state index is 0.276. The number of aryl methyl sites for hydroxylation is 1. The molecule has 1 unspecified atom stereocenters. The standard InChI is InChI=1S/C17H28N2/c1-2-10-17(11-12-17)14-19-13-16(18)9-8-15-6-4-3-5-7-15/h3-7,16,19H,2,8-14,18H2,1H3. The van der Waals surface area contributed by atoms with Crippen molar-refractivity contribution in [2.24, 2.45) is 11.1 Å². The first-order valence-electron chi connectivity index (χ1n) is 7.74. The Morgan fingerprint density at radius 1 is 1.26 bits per heavy atom. The summed E-state index contributed by atoms with van der Waals surface area (Å²) >= 11 is 0. The Kier molecular flexibility index (Phi) is 5.41. The summed E-state index contributed by atoms with van der Waals surface area (Å²) in [6.07, 6.45) is 7.66. The summed E-state index contributed by atoms with van der Waals surface area (Å²) in [6, 6.07) is 10.9. The molecule has 1 aromatic rings. The molecule has 1 aliphatic rings. The van der Waals surface area contributed by atoms with E-state index in [0.717, 1.165) is 19.4 Å². The third-order valence-corrected chi connectivity index (χ3v) is 4.29. The van der Waals surface area contributed by atoms with Crippen LogP contribution in [0, 0.1) is 5.41 Å². The monoisotopic (exact) mass is 260 g/mol. The maximum absolute atomic E-state index is 6.18. The van der Waals surface area contributed by atoms with Crippen LogP contribution in [0.4, 0.5) is 0 Å². The lowest BCUT2D eigenvalue weighted by molar-refractivity contribution is 0.408. The Morgan fingerprint density at radius 3 is 2.63 bits per heavy atom. The summed E-state index contributed by atoms with van der Waals surface area (Å²) in [6.45, 7) is 4.41. The van der Waals surface area contributed by atoms with Crippen molar-refractivity contribution in [2.75, 3.05) is 13.1 Å². The van der Waals surface area contributed by atoms with E-state index in [1.807, 2.05) is 0 Å². The van der Waals surface area contributed by atoms with Crippen molar-refractivity contribution in [3.63, 3.8) is 0 Å². The van der Waals surface area contributed by atoms with Crippen LogP contribution in [0.3, 0.4) is 0 Å². The van der Waals surface area contributed by atoms with Crippen molar-refractivity contribution in [3.8, 4) is 0 Å². The summed E-state index contributed by atoms with van der Waals surface area (Å²) in [5.74, 6) is 0. The van der Waals surface area contributed by atoms with Crippen LogP contribution in [-0.4, -0.2) is 19.1 Å². The van der Waals surface area contributed by atoms with Gasteiger partial charge in [-0.3, -0.25) is 0 Å². The van der Waals surface area contributed by atoms with Gasteiger partial charge >= 0.3 is 0 Å². The van der Waals surface area contributed by atoms with Gasteiger partial charge in [0.15, 0.2) is 0 Å². The van der Waals surface area contributed by atoms with E-state index in [-0.39, 0.29) is 6.04 Å². The van der Waals surface area contributed by atoms with E-state index in [2.05, 4.69) is 42.6 Å². The molecule has 2 nitrogen and oxygen atoms in total.